The van der Waals surface area contributed by atoms with Gasteiger partial charge < -0.3 is 10.2 Å². The van der Waals surface area contributed by atoms with Gasteiger partial charge in [-0.25, -0.2) is 4.39 Å². The third-order valence-electron chi connectivity index (χ3n) is 3.47. The fourth-order valence-corrected chi connectivity index (χ4v) is 4.33. The minimum absolute atomic E-state index is 0.0176. The van der Waals surface area contributed by atoms with Gasteiger partial charge in [0.25, 0.3) is 0 Å². The first kappa shape index (κ1) is 18.3. The number of carbonyl (C=O) groups excluding carboxylic acids is 1. The maximum absolute atomic E-state index is 13.3. The van der Waals surface area contributed by atoms with Gasteiger partial charge in [-0.15, -0.1) is 10.2 Å². The summed E-state index contributed by atoms with van der Waals surface area (Å²) in [5.41, 5.74) is 1.51. The third kappa shape index (κ3) is 4.59. The van der Waals surface area contributed by atoms with Gasteiger partial charge in [0, 0.05) is 19.8 Å². The van der Waals surface area contributed by atoms with Crippen LogP contribution in [-0.4, -0.2) is 35.1 Å². The standard InChI is InChI=1S/C18H17FN4OS2/c1-23(2)16(24)15(12-7-4-3-5-8-12)25-18-22-21-17(26-18)20-14-10-6-9-13(19)11-14/h3-11,15H,1-2H3,(H,20,21)/t15-/m1/s1. The SMILES string of the molecule is CN(C)C(=O)[C@H](Sc1nnc(Nc2cccc(F)c2)s1)c1ccccc1. The number of halogens is 1. The highest BCUT2D eigenvalue weighted by atomic mass is 32.2. The van der Waals surface area contributed by atoms with Gasteiger partial charge in [0.2, 0.25) is 11.0 Å². The predicted molar refractivity (Wildman–Crippen MR) is 103 cm³/mol. The molecule has 3 aromatic rings. The van der Waals surface area contributed by atoms with Crippen molar-refractivity contribution in [1.29, 1.82) is 0 Å². The van der Waals surface area contributed by atoms with Crippen LogP contribution < -0.4 is 5.32 Å². The van der Waals surface area contributed by atoms with E-state index in [9.17, 15) is 9.18 Å². The number of benzene rings is 2. The zero-order valence-corrected chi connectivity index (χ0v) is 15.9. The largest absolute Gasteiger partial charge is 0.348 e. The molecule has 1 aromatic heterocycles. The van der Waals surface area contributed by atoms with E-state index in [1.165, 1.54) is 35.2 Å². The molecular formula is C18H17FN4OS2. The smallest absolute Gasteiger partial charge is 0.240 e. The first-order valence-electron chi connectivity index (χ1n) is 7.82. The fraction of sp³-hybridized carbons (Fsp3) is 0.167. The monoisotopic (exact) mass is 388 g/mol. The lowest BCUT2D eigenvalue weighted by atomic mass is 10.1. The Bertz CT molecular complexity index is 886. The number of hydrogen-bond acceptors (Lipinski definition) is 6. The number of carbonyl (C=O) groups is 1. The number of anilines is 2. The number of nitrogens with one attached hydrogen (secondary N) is 1. The number of thioether (sulfide) groups is 1. The Balaban J connectivity index is 1.77. The topological polar surface area (TPSA) is 58.1 Å². The molecule has 1 atom stereocenters. The Hall–Kier alpha value is -2.45. The Kier molecular flexibility index (Phi) is 5.85. The van der Waals surface area contributed by atoms with Crippen molar-refractivity contribution < 1.29 is 9.18 Å². The van der Waals surface area contributed by atoms with Gasteiger partial charge in [-0.1, -0.05) is 59.5 Å². The van der Waals surface area contributed by atoms with E-state index < -0.39 is 5.25 Å². The molecule has 0 aliphatic heterocycles. The van der Waals surface area contributed by atoms with Crippen molar-refractivity contribution in [3.8, 4) is 0 Å². The van der Waals surface area contributed by atoms with Crippen LogP contribution in [0.3, 0.4) is 0 Å². The molecule has 0 saturated heterocycles. The van der Waals surface area contributed by atoms with E-state index in [4.69, 9.17) is 0 Å². The van der Waals surface area contributed by atoms with Crippen molar-refractivity contribution in [1.82, 2.24) is 15.1 Å². The van der Waals surface area contributed by atoms with E-state index in [0.717, 1.165) is 5.56 Å². The molecule has 134 valence electrons. The molecular weight excluding hydrogens is 371 g/mol. The lowest BCUT2D eigenvalue weighted by Gasteiger charge is -2.19. The average molecular weight is 388 g/mol. The molecule has 5 nitrogen and oxygen atoms in total. The maximum Gasteiger partial charge on any atom is 0.240 e. The van der Waals surface area contributed by atoms with Crippen molar-refractivity contribution in [3.05, 3.63) is 66.0 Å². The van der Waals surface area contributed by atoms with Crippen LogP contribution in [0.5, 0.6) is 0 Å². The van der Waals surface area contributed by atoms with Crippen molar-refractivity contribution in [2.45, 2.75) is 9.59 Å². The Morgan fingerprint density at radius 2 is 1.92 bits per heavy atom. The van der Waals surface area contributed by atoms with E-state index in [0.29, 0.717) is 15.2 Å². The lowest BCUT2D eigenvalue weighted by Crippen LogP contribution is -2.26. The van der Waals surface area contributed by atoms with Crippen molar-refractivity contribution >= 4 is 39.8 Å². The minimum atomic E-state index is -0.402. The van der Waals surface area contributed by atoms with E-state index >= 15 is 0 Å². The van der Waals surface area contributed by atoms with Crippen LogP contribution in [0.4, 0.5) is 15.2 Å². The van der Waals surface area contributed by atoms with Gasteiger partial charge in [0.15, 0.2) is 4.34 Å². The van der Waals surface area contributed by atoms with Crippen molar-refractivity contribution in [2.24, 2.45) is 0 Å². The second-order valence-corrected chi connectivity index (χ2v) is 7.98. The summed E-state index contributed by atoms with van der Waals surface area (Å²) >= 11 is 2.67. The summed E-state index contributed by atoms with van der Waals surface area (Å²) in [6.07, 6.45) is 0. The molecule has 1 heterocycles. The molecule has 0 unspecified atom stereocenters. The third-order valence-corrected chi connectivity index (χ3v) is 5.63. The zero-order valence-electron chi connectivity index (χ0n) is 14.2. The van der Waals surface area contributed by atoms with Crippen molar-refractivity contribution in [3.63, 3.8) is 0 Å². The second kappa shape index (κ2) is 8.29. The van der Waals surface area contributed by atoms with Crippen LogP contribution in [0.15, 0.2) is 58.9 Å². The summed E-state index contributed by atoms with van der Waals surface area (Å²) in [5, 5.41) is 11.4. The van der Waals surface area contributed by atoms with Gasteiger partial charge in [0.05, 0.1) is 0 Å². The molecule has 0 fully saturated rings. The molecule has 0 aliphatic carbocycles. The summed E-state index contributed by atoms with van der Waals surface area (Å²) in [7, 11) is 3.46. The van der Waals surface area contributed by atoms with Gasteiger partial charge in [0.1, 0.15) is 11.1 Å². The van der Waals surface area contributed by atoms with E-state index in [1.54, 1.807) is 31.1 Å². The van der Waals surface area contributed by atoms with E-state index in [1.807, 2.05) is 30.3 Å². The van der Waals surface area contributed by atoms with Gasteiger partial charge in [-0.2, -0.15) is 0 Å². The van der Waals surface area contributed by atoms with Gasteiger partial charge in [-0.3, -0.25) is 4.79 Å². The summed E-state index contributed by atoms with van der Waals surface area (Å²) < 4.78 is 13.9. The molecule has 0 aliphatic rings. The van der Waals surface area contributed by atoms with Crippen LogP contribution >= 0.6 is 23.1 Å². The van der Waals surface area contributed by atoms with Crippen LogP contribution in [0.1, 0.15) is 10.8 Å². The highest BCUT2D eigenvalue weighted by molar-refractivity contribution is 8.01. The second-order valence-electron chi connectivity index (χ2n) is 5.65. The number of likely N-dealkylation sites (N-methyl/N-ethyl adjacent to an activating group) is 1. The van der Waals surface area contributed by atoms with Crippen molar-refractivity contribution in [2.75, 3.05) is 19.4 Å². The number of hydrogen-bond donors (Lipinski definition) is 1. The van der Waals surface area contributed by atoms with Crippen LogP contribution in [-0.2, 0) is 4.79 Å². The zero-order chi connectivity index (χ0) is 18.5. The molecule has 0 spiro atoms. The van der Waals surface area contributed by atoms with E-state index in [-0.39, 0.29) is 11.7 Å². The molecule has 1 amide bonds. The van der Waals surface area contributed by atoms with E-state index in [2.05, 4.69) is 15.5 Å². The molecule has 2 aromatic carbocycles. The predicted octanol–water partition coefficient (Wildman–Crippen LogP) is 4.34. The minimum Gasteiger partial charge on any atom is -0.348 e. The Labute approximate surface area is 159 Å². The normalized spacial score (nSPS) is 11.8. The van der Waals surface area contributed by atoms with Crippen LogP contribution in [0, 0.1) is 5.82 Å². The molecule has 8 heteroatoms. The quantitative estimate of drug-likeness (QED) is 0.637. The van der Waals surface area contributed by atoms with Gasteiger partial charge in [-0.05, 0) is 23.8 Å². The number of amides is 1. The average Bonchev–Trinajstić information content (AvgIpc) is 3.07. The Morgan fingerprint density at radius 1 is 1.15 bits per heavy atom. The lowest BCUT2D eigenvalue weighted by molar-refractivity contribution is -0.128. The highest BCUT2D eigenvalue weighted by Crippen LogP contribution is 2.39. The maximum atomic E-state index is 13.3. The molecule has 0 radical (unpaired) electrons. The number of aromatic nitrogens is 2. The number of nitrogens with zero attached hydrogens (tertiary/aromatic N) is 3. The fourth-order valence-electron chi connectivity index (χ4n) is 2.22. The highest BCUT2D eigenvalue weighted by Gasteiger charge is 2.25. The summed E-state index contributed by atoms with van der Waals surface area (Å²) in [6.45, 7) is 0. The summed E-state index contributed by atoms with van der Waals surface area (Å²) in [6, 6.07) is 15.7. The molecule has 0 bridgehead atoms. The number of rotatable bonds is 6. The summed E-state index contributed by atoms with van der Waals surface area (Å²) in [5.74, 6) is -0.342. The van der Waals surface area contributed by atoms with Crippen LogP contribution in [0.2, 0.25) is 0 Å². The Morgan fingerprint density at radius 3 is 2.62 bits per heavy atom. The molecule has 26 heavy (non-hydrogen) atoms. The summed E-state index contributed by atoms with van der Waals surface area (Å²) in [4.78, 5) is 14.2. The first-order valence-corrected chi connectivity index (χ1v) is 9.51. The molecule has 0 saturated carbocycles. The molecule has 1 N–H and O–H groups in total. The van der Waals surface area contributed by atoms with Gasteiger partial charge >= 0.3 is 0 Å². The molecule has 3 rings (SSSR count). The van der Waals surface area contributed by atoms with Crippen LogP contribution in [0.25, 0.3) is 0 Å². The first-order chi connectivity index (χ1) is 12.5.